The molecule has 16 heavy (non-hydrogen) atoms. The Hall–Kier alpha value is -1.55. The second-order valence-corrected chi connectivity index (χ2v) is 4.14. The van der Waals surface area contributed by atoms with Crippen molar-refractivity contribution in [2.75, 3.05) is 6.54 Å². The van der Waals surface area contributed by atoms with Crippen LogP contribution in [0.3, 0.4) is 0 Å². The van der Waals surface area contributed by atoms with Crippen LogP contribution in [0.15, 0.2) is 12.1 Å². The van der Waals surface area contributed by atoms with Crippen molar-refractivity contribution in [3.63, 3.8) is 0 Å². The zero-order valence-electron chi connectivity index (χ0n) is 8.44. The average molecular weight is 240 g/mol. The summed E-state index contributed by atoms with van der Waals surface area (Å²) in [6, 6.07) is 3.36. The van der Waals surface area contributed by atoms with Crippen LogP contribution in [0.5, 0.6) is 0 Å². The van der Waals surface area contributed by atoms with Crippen molar-refractivity contribution in [1.82, 2.24) is 4.90 Å². The Bertz CT molecular complexity index is 459. The van der Waals surface area contributed by atoms with Crippen molar-refractivity contribution in [3.8, 4) is 0 Å². The molecule has 1 heterocycles. The van der Waals surface area contributed by atoms with Gasteiger partial charge in [0, 0.05) is 23.7 Å². The zero-order chi connectivity index (χ0) is 11.7. The van der Waals surface area contributed by atoms with Gasteiger partial charge in [-0.3, -0.25) is 4.79 Å². The van der Waals surface area contributed by atoms with Gasteiger partial charge in [-0.1, -0.05) is 11.6 Å². The van der Waals surface area contributed by atoms with Gasteiger partial charge < -0.3 is 10.0 Å². The van der Waals surface area contributed by atoms with Crippen molar-refractivity contribution < 1.29 is 14.7 Å². The normalized spacial score (nSPS) is 14.4. The van der Waals surface area contributed by atoms with Gasteiger partial charge in [-0.25, -0.2) is 4.79 Å². The van der Waals surface area contributed by atoms with Crippen molar-refractivity contribution in [2.24, 2.45) is 0 Å². The fraction of sp³-hybridized carbons (Fsp3) is 0.273. The number of carbonyl (C=O) groups is 2. The quantitative estimate of drug-likeness (QED) is 0.765. The van der Waals surface area contributed by atoms with Gasteiger partial charge in [0.25, 0.3) is 0 Å². The summed E-state index contributed by atoms with van der Waals surface area (Å²) < 4.78 is 0. The highest BCUT2D eigenvalue weighted by atomic mass is 35.5. The Morgan fingerprint density at radius 1 is 1.50 bits per heavy atom. The number of hydrogen-bond donors (Lipinski definition) is 1. The van der Waals surface area contributed by atoms with E-state index in [0.29, 0.717) is 23.6 Å². The lowest BCUT2D eigenvalue weighted by atomic mass is 9.95. The van der Waals surface area contributed by atoms with Crippen LogP contribution >= 0.6 is 11.6 Å². The molecule has 0 unspecified atom stereocenters. The lowest BCUT2D eigenvalue weighted by Crippen LogP contribution is -2.35. The molecule has 84 valence electrons. The van der Waals surface area contributed by atoms with Gasteiger partial charge in [-0.2, -0.15) is 0 Å². The molecule has 1 amide bonds. The molecule has 0 saturated heterocycles. The SMILES string of the molecule is O=Cc1cc(Cl)cc2c1CN(C(=O)O)CC2. The Balaban J connectivity index is 2.43. The van der Waals surface area contributed by atoms with E-state index < -0.39 is 6.09 Å². The Kier molecular flexibility index (Phi) is 2.83. The summed E-state index contributed by atoms with van der Waals surface area (Å²) in [5.74, 6) is 0. The van der Waals surface area contributed by atoms with E-state index in [2.05, 4.69) is 0 Å². The first-order valence-corrected chi connectivity index (χ1v) is 5.24. The summed E-state index contributed by atoms with van der Waals surface area (Å²) in [5, 5.41) is 9.41. The third kappa shape index (κ3) is 1.88. The minimum absolute atomic E-state index is 0.260. The highest BCUT2D eigenvalue weighted by Gasteiger charge is 2.22. The van der Waals surface area contributed by atoms with Gasteiger partial charge in [-0.05, 0) is 29.7 Å². The molecule has 0 atom stereocenters. The fourth-order valence-electron chi connectivity index (χ4n) is 1.93. The number of benzene rings is 1. The lowest BCUT2D eigenvalue weighted by Gasteiger charge is -2.27. The molecule has 1 aromatic rings. The molecule has 0 aromatic heterocycles. The van der Waals surface area contributed by atoms with Gasteiger partial charge in [-0.15, -0.1) is 0 Å². The van der Waals surface area contributed by atoms with Crippen LogP contribution in [-0.4, -0.2) is 28.9 Å². The van der Waals surface area contributed by atoms with Crippen molar-refractivity contribution in [3.05, 3.63) is 33.8 Å². The maximum atomic E-state index is 10.9. The second kappa shape index (κ2) is 4.14. The minimum atomic E-state index is -0.961. The van der Waals surface area contributed by atoms with Gasteiger partial charge in [0.2, 0.25) is 0 Å². The molecular weight excluding hydrogens is 230 g/mol. The van der Waals surface area contributed by atoms with Crippen molar-refractivity contribution in [1.29, 1.82) is 0 Å². The largest absolute Gasteiger partial charge is 0.465 e. The molecule has 0 radical (unpaired) electrons. The first-order chi connectivity index (χ1) is 7.61. The molecule has 0 saturated carbocycles. The zero-order valence-corrected chi connectivity index (χ0v) is 9.20. The van der Waals surface area contributed by atoms with Crippen LogP contribution in [-0.2, 0) is 13.0 Å². The van der Waals surface area contributed by atoms with Gasteiger partial charge in [0.1, 0.15) is 6.29 Å². The molecule has 1 aromatic carbocycles. The number of nitrogens with zero attached hydrogens (tertiary/aromatic N) is 1. The maximum Gasteiger partial charge on any atom is 0.407 e. The molecule has 0 fully saturated rings. The number of hydrogen-bond acceptors (Lipinski definition) is 2. The van der Waals surface area contributed by atoms with Gasteiger partial charge in [0.15, 0.2) is 0 Å². The molecule has 4 nitrogen and oxygen atoms in total. The summed E-state index contributed by atoms with van der Waals surface area (Å²) in [6.07, 6.45) is 0.358. The predicted octanol–water partition coefficient (Wildman–Crippen LogP) is 2.19. The highest BCUT2D eigenvalue weighted by Crippen LogP contribution is 2.25. The Morgan fingerprint density at radius 2 is 2.25 bits per heavy atom. The lowest BCUT2D eigenvalue weighted by molar-refractivity contribution is 0.111. The van der Waals surface area contributed by atoms with Gasteiger partial charge in [0.05, 0.1) is 0 Å². The van der Waals surface area contributed by atoms with E-state index in [-0.39, 0.29) is 6.54 Å². The molecule has 0 spiro atoms. The molecule has 0 bridgehead atoms. The standard InChI is InChI=1S/C11H10ClNO3/c12-9-3-7-1-2-13(11(15)16)5-10(7)8(4-9)6-14/h3-4,6H,1-2,5H2,(H,15,16). The van der Waals surface area contributed by atoms with E-state index in [0.717, 1.165) is 17.4 Å². The minimum Gasteiger partial charge on any atom is -0.465 e. The predicted molar refractivity (Wildman–Crippen MR) is 59.0 cm³/mol. The first kappa shape index (κ1) is 11.0. The summed E-state index contributed by atoms with van der Waals surface area (Å²) >= 11 is 5.87. The number of halogens is 1. The summed E-state index contributed by atoms with van der Waals surface area (Å²) in [6.45, 7) is 0.705. The molecule has 1 aliphatic rings. The topological polar surface area (TPSA) is 57.6 Å². The fourth-order valence-corrected chi connectivity index (χ4v) is 2.18. The van der Waals surface area contributed by atoms with Crippen LogP contribution < -0.4 is 0 Å². The Morgan fingerprint density at radius 3 is 2.88 bits per heavy atom. The van der Waals surface area contributed by atoms with E-state index in [1.807, 2.05) is 0 Å². The highest BCUT2D eigenvalue weighted by molar-refractivity contribution is 6.31. The van der Waals surface area contributed by atoms with Gasteiger partial charge >= 0.3 is 6.09 Å². The van der Waals surface area contributed by atoms with E-state index >= 15 is 0 Å². The third-order valence-corrected chi connectivity index (χ3v) is 2.96. The summed E-state index contributed by atoms with van der Waals surface area (Å²) in [4.78, 5) is 23.0. The molecule has 1 N–H and O–H groups in total. The van der Waals surface area contributed by atoms with Crippen LogP contribution in [0.4, 0.5) is 4.79 Å². The van der Waals surface area contributed by atoms with Crippen LogP contribution in [0.1, 0.15) is 21.5 Å². The van der Waals surface area contributed by atoms with E-state index in [1.165, 1.54) is 4.90 Å². The number of rotatable bonds is 1. The second-order valence-electron chi connectivity index (χ2n) is 3.70. The number of fused-ring (bicyclic) bond motifs is 1. The van der Waals surface area contributed by atoms with Crippen molar-refractivity contribution >= 4 is 24.0 Å². The first-order valence-electron chi connectivity index (χ1n) is 4.86. The molecule has 0 aliphatic carbocycles. The summed E-state index contributed by atoms with van der Waals surface area (Å²) in [5.41, 5.74) is 2.22. The van der Waals surface area contributed by atoms with Crippen LogP contribution in [0.2, 0.25) is 5.02 Å². The van der Waals surface area contributed by atoms with E-state index in [1.54, 1.807) is 12.1 Å². The number of amides is 1. The van der Waals surface area contributed by atoms with Crippen LogP contribution in [0.25, 0.3) is 0 Å². The monoisotopic (exact) mass is 239 g/mol. The molecular formula is C11H10ClNO3. The van der Waals surface area contributed by atoms with Crippen molar-refractivity contribution in [2.45, 2.75) is 13.0 Å². The molecule has 1 aliphatic heterocycles. The van der Waals surface area contributed by atoms with Crippen LogP contribution in [0, 0.1) is 0 Å². The number of carbonyl (C=O) groups excluding carboxylic acids is 1. The number of aldehydes is 1. The summed E-state index contributed by atoms with van der Waals surface area (Å²) in [7, 11) is 0. The number of carboxylic acid groups (broad SMARTS) is 1. The molecule has 5 heteroatoms. The smallest absolute Gasteiger partial charge is 0.407 e. The maximum absolute atomic E-state index is 10.9. The van der Waals surface area contributed by atoms with E-state index in [4.69, 9.17) is 16.7 Å². The Labute approximate surface area is 97.4 Å². The third-order valence-electron chi connectivity index (χ3n) is 2.74. The average Bonchev–Trinajstić information content (AvgIpc) is 2.27. The van der Waals surface area contributed by atoms with E-state index in [9.17, 15) is 9.59 Å². The molecule has 2 rings (SSSR count).